The number of aliphatic hydroxyl groups is 1. The van der Waals surface area contributed by atoms with Gasteiger partial charge in [0.2, 0.25) is 0 Å². The largest absolute Gasteiger partial charge is 0.491 e. The minimum atomic E-state index is -0.848. The molecule has 0 aliphatic carbocycles. The predicted octanol–water partition coefficient (Wildman–Crippen LogP) is 3.02. The summed E-state index contributed by atoms with van der Waals surface area (Å²) in [6.07, 6.45) is 0.937. The van der Waals surface area contributed by atoms with E-state index in [1.54, 1.807) is 13.8 Å². The molecule has 1 rings (SSSR count). The molecule has 0 aliphatic rings. The van der Waals surface area contributed by atoms with Crippen LogP contribution in [0.2, 0.25) is 0 Å². The van der Waals surface area contributed by atoms with Crippen molar-refractivity contribution in [3.63, 3.8) is 0 Å². The molecule has 4 nitrogen and oxygen atoms in total. The molecule has 0 fully saturated rings. The monoisotopic (exact) mass is 266 g/mol. The lowest BCUT2D eigenvalue weighted by Crippen LogP contribution is -2.51. The number of nitrogens with one attached hydrogen (secondary N) is 1. The Hall–Kier alpha value is -1.42. The minimum Gasteiger partial charge on any atom is -0.491 e. The molecule has 0 spiro atoms. The molecule has 0 bridgehead atoms. The van der Waals surface area contributed by atoms with E-state index in [0.29, 0.717) is 18.0 Å². The first-order valence-corrected chi connectivity index (χ1v) is 6.70. The molecule has 0 radical (unpaired) electrons. The molecule has 0 atom stereocenters. The lowest BCUT2D eigenvalue weighted by atomic mass is 9.86. The van der Waals surface area contributed by atoms with Gasteiger partial charge in [0.05, 0.1) is 23.4 Å². The number of hydrogen-bond donors (Lipinski definition) is 3. The number of anilines is 2. The Labute approximate surface area is 116 Å². The zero-order valence-electron chi connectivity index (χ0n) is 12.6. The Balaban J connectivity index is 2.91. The predicted molar refractivity (Wildman–Crippen MR) is 80.6 cm³/mol. The van der Waals surface area contributed by atoms with E-state index in [9.17, 15) is 5.11 Å². The van der Waals surface area contributed by atoms with Gasteiger partial charge in [0.25, 0.3) is 0 Å². The average molecular weight is 266 g/mol. The summed E-state index contributed by atoms with van der Waals surface area (Å²) in [7, 11) is 0. The van der Waals surface area contributed by atoms with Gasteiger partial charge < -0.3 is 20.9 Å². The molecule has 0 saturated heterocycles. The summed E-state index contributed by atoms with van der Waals surface area (Å²) in [5.74, 6) is 0.679. The van der Waals surface area contributed by atoms with Gasteiger partial charge in [-0.3, -0.25) is 0 Å². The van der Waals surface area contributed by atoms with Gasteiger partial charge in [0, 0.05) is 11.8 Å². The zero-order valence-corrected chi connectivity index (χ0v) is 12.6. The Bertz CT molecular complexity index is 423. The van der Waals surface area contributed by atoms with Crippen molar-refractivity contribution >= 4 is 11.4 Å². The van der Waals surface area contributed by atoms with E-state index in [-0.39, 0.29) is 0 Å². The average Bonchev–Trinajstić information content (AvgIpc) is 2.28. The summed E-state index contributed by atoms with van der Waals surface area (Å²) >= 11 is 0. The van der Waals surface area contributed by atoms with Crippen LogP contribution in [0, 0.1) is 0 Å². The van der Waals surface area contributed by atoms with Gasteiger partial charge in [0.1, 0.15) is 5.75 Å². The SMILES string of the molecule is CCCOc1cc(NC(C)(C)C(C)(C)O)ccc1N. The van der Waals surface area contributed by atoms with E-state index >= 15 is 0 Å². The van der Waals surface area contributed by atoms with Crippen molar-refractivity contribution in [1.82, 2.24) is 0 Å². The first-order chi connectivity index (χ1) is 8.67. The fraction of sp³-hybridized carbons (Fsp3) is 0.600. The molecule has 0 amide bonds. The highest BCUT2D eigenvalue weighted by molar-refractivity contribution is 5.62. The van der Waals surface area contributed by atoms with Crippen LogP contribution in [0.3, 0.4) is 0 Å². The Kier molecular flexibility index (Phi) is 4.69. The van der Waals surface area contributed by atoms with E-state index in [0.717, 1.165) is 12.1 Å². The van der Waals surface area contributed by atoms with E-state index < -0.39 is 11.1 Å². The summed E-state index contributed by atoms with van der Waals surface area (Å²) in [5.41, 5.74) is 6.07. The first kappa shape index (κ1) is 15.6. The van der Waals surface area contributed by atoms with Crippen LogP contribution in [0.15, 0.2) is 18.2 Å². The van der Waals surface area contributed by atoms with Crippen LogP contribution in [0.5, 0.6) is 5.75 Å². The summed E-state index contributed by atoms with van der Waals surface area (Å²) in [6, 6.07) is 5.58. The van der Waals surface area contributed by atoms with Gasteiger partial charge >= 0.3 is 0 Å². The molecule has 0 aromatic heterocycles. The third kappa shape index (κ3) is 4.03. The molecular formula is C15H26N2O2. The van der Waals surface area contributed by atoms with Gasteiger partial charge in [-0.15, -0.1) is 0 Å². The maximum absolute atomic E-state index is 10.2. The van der Waals surface area contributed by atoms with Crippen LogP contribution in [0.25, 0.3) is 0 Å². The van der Waals surface area contributed by atoms with Gasteiger partial charge in [-0.2, -0.15) is 0 Å². The molecule has 108 valence electrons. The van der Waals surface area contributed by atoms with E-state index in [1.807, 2.05) is 32.0 Å². The molecule has 4 heteroatoms. The third-order valence-electron chi connectivity index (χ3n) is 3.46. The number of hydrogen-bond acceptors (Lipinski definition) is 4. The van der Waals surface area contributed by atoms with Crippen LogP contribution in [-0.2, 0) is 0 Å². The fourth-order valence-corrected chi connectivity index (χ4v) is 1.46. The van der Waals surface area contributed by atoms with Crippen molar-refractivity contribution in [2.75, 3.05) is 17.7 Å². The molecule has 0 unspecified atom stereocenters. The summed E-state index contributed by atoms with van der Waals surface area (Å²) in [4.78, 5) is 0. The van der Waals surface area contributed by atoms with E-state index in [1.165, 1.54) is 0 Å². The van der Waals surface area contributed by atoms with Crippen molar-refractivity contribution in [2.45, 2.75) is 52.2 Å². The molecule has 4 N–H and O–H groups in total. The highest BCUT2D eigenvalue weighted by Gasteiger charge is 2.34. The van der Waals surface area contributed by atoms with Crippen molar-refractivity contribution in [3.05, 3.63) is 18.2 Å². The molecule has 19 heavy (non-hydrogen) atoms. The quantitative estimate of drug-likeness (QED) is 0.692. The maximum atomic E-state index is 10.2. The van der Waals surface area contributed by atoms with Crippen LogP contribution in [0.1, 0.15) is 41.0 Å². The normalized spacial score (nSPS) is 12.3. The highest BCUT2D eigenvalue weighted by atomic mass is 16.5. The number of nitrogen functional groups attached to an aromatic ring is 1. The van der Waals surface area contributed by atoms with Gasteiger partial charge in [-0.1, -0.05) is 6.92 Å². The van der Waals surface area contributed by atoms with Crippen LogP contribution in [-0.4, -0.2) is 22.9 Å². The van der Waals surface area contributed by atoms with E-state index in [2.05, 4.69) is 12.2 Å². The lowest BCUT2D eigenvalue weighted by molar-refractivity contribution is 0.0240. The third-order valence-corrected chi connectivity index (χ3v) is 3.46. The molecule has 0 aliphatic heterocycles. The second kappa shape index (κ2) is 5.70. The van der Waals surface area contributed by atoms with Crippen molar-refractivity contribution in [3.8, 4) is 5.75 Å². The van der Waals surface area contributed by atoms with Crippen LogP contribution >= 0.6 is 0 Å². The zero-order chi connectivity index (χ0) is 14.7. The number of ether oxygens (including phenoxy) is 1. The molecule has 1 aromatic carbocycles. The number of rotatable bonds is 6. The van der Waals surface area contributed by atoms with Crippen molar-refractivity contribution in [1.29, 1.82) is 0 Å². The van der Waals surface area contributed by atoms with Gasteiger partial charge in [0.15, 0.2) is 0 Å². The molecule has 0 saturated carbocycles. The second-order valence-corrected chi connectivity index (χ2v) is 5.91. The Morgan fingerprint density at radius 3 is 2.42 bits per heavy atom. The maximum Gasteiger partial charge on any atom is 0.144 e. The summed E-state index contributed by atoms with van der Waals surface area (Å²) in [5, 5.41) is 13.5. The first-order valence-electron chi connectivity index (χ1n) is 6.70. The highest BCUT2D eigenvalue weighted by Crippen LogP contribution is 2.30. The van der Waals surface area contributed by atoms with Crippen LogP contribution < -0.4 is 15.8 Å². The topological polar surface area (TPSA) is 67.5 Å². The van der Waals surface area contributed by atoms with Crippen LogP contribution in [0.4, 0.5) is 11.4 Å². The van der Waals surface area contributed by atoms with Gasteiger partial charge in [-0.25, -0.2) is 0 Å². The summed E-state index contributed by atoms with van der Waals surface area (Å²) in [6.45, 7) is 10.2. The molecule has 1 aromatic rings. The minimum absolute atomic E-state index is 0.467. The Morgan fingerprint density at radius 1 is 1.26 bits per heavy atom. The lowest BCUT2D eigenvalue weighted by Gasteiger charge is -2.39. The number of nitrogens with two attached hydrogens (primary N) is 1. The molecular weight excluding hydrogens is 240 g/mol. The second-order valence-electron chi connectivity index (χ2n) is 5.91. The Morgan fingerprint density at radius 2 is 1.89 bits per heavy atom. The molecule has 0 heterocycles. The number of benzene rings is 1. The van der Waals surface area contributed by atoms with E-state index in [4.69, 9.17) is 10.5 Å². The fourth-order valence-electron chi connectivity index (χ4n) is 1.46. The standard InChI is InChI=1S/C15H26N2O2/c1-6-9-19-13-10-11(7-8-12(13)16)17-14(2,3)15(4,5)18/h7-8,10,17-18H,6,9,16H2,1-5H3. The van der Waals surface area contributed by atoms with Gasteiger partial charge in [-0.05, 0) is 46.2 Å². The van der Waals surface area contributed by atoms with Crippen molar-refractivity contribution in [2.24, 2.45) is 0 Å². The van der Waals surface area contributed by atoms with Crippen molar-refractivity contribution < 1.29 is 9.84 Å². The summed E-state index contributed by atoms with van der Waals surface area (Å²) < 4.78 is 5.60. The smallest absolute Gasteiger partial charge is 0.144 e.